The first-order chi connectivity index (χ1) is 7.40. The molecular formula is C13H16N2. The van der Waals surface area contributed by atoms with Gasteiger partial charge >= 0.3 is 0 Å². The van der Waals surface area contributed by atoms with E-state index >= 15 is 0 Å². The lowest BCUT2D eigenvalue weighted by Crippen LogP contribution is -2.00. The summed E-state index contributed by atoms with van der Waals surface area (Å²) < 4.78 is 0. The quantitative estimate of drug-likeness (QED) is 0.765. The van der Waals surface area contributed by atoms with Gasteiger partial charge in [0.05, 0.1) is 0 Å². The monoisotopic (exact) mass is 200 g/mol. The van der Waals surface area contributed by atoms with Crippen molar-refractivity contribution in [2.45, 2.75) is 19.8 Å². The third kappa shape index (κ3) is 2.46. The average molecular weight is 200 g/mol. The van der Waals surface area contributed by atoms with E-state index in [1.807, 2.05) is 18.5 Å². The molecule has 0 unspecified atom stereocenters. The van der Waals surface area contributed by atoms with E-state index in [1.54, 1.807) is 0 Å². The van der Waals surface area contributed by atoms with E-state index in [4.69, 9.17) is 0 Å². The first kappa shape index (κ1) is 9.97. The predicted molar refractivity (Wildman–Crippen MR) is 65.1 cm³/mol. The van der Waals surface area contributed by atoms with E-state index in [9.17, 15) is 0 Å². The lowest BCUT2D eigenvalue weighted by Gasteiger charge is -2.06. The van der Waals surface area contributed by atoms with Crippen LogP contribution in [-0.2, 0) is 0 Å². The van der Waals surface area contributed by atoms with Crippen LogP contribution in [0, 0.1) is 0 Å². The SMILES string of the molecule is CCCCNc1ccc2cnccc2c1. The van der Waals surface area contributed by atoms with Crippen molar-refractivity contribution in [1.29, 1.82) is 0 Å². The standard InChI is InChI=1S/C13H16N2/c1-2-3-7-15-13-5-4-12-10-14-8-6-11(12)9-13/h4-6,8-10,15H,2-3,7H2,1H3. The number of hydrogen-bond donors (Lipinski definition) is 1. The molecule has 2 nitrogen and oxygen atoms in total. The molecule has 15 heavy (non-hydrogen) atoms. The van der Waals surface area contributed by atoms with Crippen LogP contribution in [0.1, 0.15) is 19.8 Å². The van der Waals surface area contributed by atoms with Gasteiger partial charge in [-0.05, 0) is 30.0 Å². The van der Waals surface area contributed by atoms with Gasteiger partial charge in [-0.2, -0.15) is 0 Å². The molecule has 0 radical (unpaired) electrons. The third-order valence-corrected chi connectivity index (χ3v) is 2.50. The molecule has 2 aromatic rings. The molecule has 0 spiro atoms. The smallest absolute Gasteiger partial charge is 0.0346 e. The zero-order chi connectivity index (χ0) is 10.5. The summed E-state index contributed by atoms with van der Waals surface area (Å²) in [4.78, 5) is 4.10. The molecule has 0 saturated heterocycles. The molecule has 0 atom stereocenters. The van der Waals surface area contributed by atoms with Gasteiger partial charge in [-0.15, -0.1) is 0 Å². The van der Waals surface area contributed by atoms with Gasteiger partial charge in [0.2, 0.25) is 0 Å². The number of nitrogens with one attached hydrogen (secondary N) is 1. The van der Waals surface area contributed by atoms with Crippen molar-refractivity contribution in [2.75, 3.05) is 11.9 Å². The molecular weight excluding hydrogens is 184 g/mol. The largest absolute Gasteiger partial charge is 0.385 e. The zero-order valence-electron chi connectivity index (χ0n) is 9.03. The Morgan fingerprint density at radius 1 is 1.20 bits per heavy atom. The molecule has 0 saturated carbocycles. The van der Waals surface area contributed by atoms with Crippen LogP contribution in [0.15, 0.2) is 36.7 Å². The van der Waals surface area contributed by atoms with E-state index in [1.165, 1.54) is 29.3 Å². The van der Waals surface area contributed by atoms with Crippen molar-refractivity contribution in [2.24, 2.45) is 0 Å². The van der Waals surface area contributed by atoms with Gasteiger partial charge in [-0.1, -0.05) is 19.4 Å². The van der Waals surface area contributed by atoms with Crippen molar-refractivity contribution < 1.29 is 0 Å². The Hall–Kier alpha value is -1.57. The van der Waals surface area contributed by atoms with Crippen LogP contribution >= 0.6 is 0 Å². The van der Waals surface area contributed by atoms with Crippen molar-refractivity contribution >= 4 is 16.5 Å². The minimum atomic E-state index is 1.05. The highest BCUT2D eigenvalue weighted by Gasteiger charge is 1.95. The third-order valence-electron chi connectivity index (χ3n) is 2.50. The van der Waals surface area contributed by atoms with Gasteiger partial charge in [0.1, 0.15) is 0 Å². The summed E-state index contributed by atoms with van der Waals surface area (Å²) >= 11 is 0. The summed E-state index contributed by atoms with van der Waals surface area (Å²) in [6.07, 6.45) is 6.17. The summed E-state index contributed by atoms with van der Waals surface area (Å²) in [6, 6.07) is 8.43. The first-order valence-electron chi connectivity index (χ1n) is 5.48. The molecule has 0 bridgehead atoms. The number of benzene rings is 1. The van der Waals surface area contributed by atoms with Crippen LogP contribution < -0.4 is 5.32 Å². The second-order valence-corrected chi connectivity index (χ2v) is 3.72. The maximum absolute atomic E-state index is 4.10. The molecule has 2 heteroatoms. The lowest BCUT2D eigenvalue weighted by atomic mass is 10.1. The maximum Gasteiger partial charge on any atom is 0.0346 e. The first-order valence-corrected chi connectivity index (χ1v) is 5.48. The number of fused-ring (bicyclic) bond motifs is 1. The van der Waals surface area contributed by atoms with Gasteiger partial charge in [0.15, 0.2) is 0 Å². The van der Waals surface area contributed by atoms with Crippen LogP contribution in [0.25, 0.3) is 10.8 Å². The van der Waals surface area contributed by atoms with E-state index in [0.717, 1.165) is 6.54 Å². The molecule has 78 valence electrons. The molecule has 1 heterocycles. The van der Waals surface area contributed by atoms with Gasteiger partial charge in [-0.3, -0.25) is 4.98 Å². The molecule has 0 aliphatic heterocycles. The molecule has 1 aromatic carbocycles. The van der Waals surface area contributed by atoms with Gasteiger partial charge in [-0.25, -0.2) is 0 Å². The number of aromatic nitrogens is 1. The highest BCUT2D eigenvalue weighted by molar-refractivity contribution is 5.84. The minimum Gasteiger partial charge on any atom is -0.385 e. The van der Waals surface area contributed by atoms with Gasteiger partial charge in [0, 0.05) is 30.0 Å². The van der Waals surface area contributed by atoms with Crippen LogP contribution in [0.5, 0.6) is 0 Å². The second kappa shape index (κ2) is 4.78. The zero-order valence-corrected chi connectivity index (χ0v) is 9.03. The van der Waals surface area contributed by atoms with Gasteiger partial charge < -0.3 is 5.32 Å². The Balaban J connectivity index is 2.16. The molecule has 0 fully saturated rings. The topological polar surface area (TPSA) is 24.9 Å². The molecule has 0 aliphatic rings. The Bertz CT molecular complexity index is 437. The predicted octanol–water partition coefficient (Wildman–Crippen LogP) is 3.45. The van der Waals surface area contributed by atoms with Crippen LogP contribution in [0.4, 0.5) is 5.69 Å². The van der Waals surface area contributed by atoms with Crippen molar-refractivity contribution in [3.8, 4) is 0 Å². The minimum absolute atomic E-state index is 1.05. The van der Waals surface area contributed by atoms with Crippen LogP contribution in [-0.4, -0.2) is 11.5 Å². The van der Waals surface area contributed by atoms with E-state index in [-0.39, 0.29) is 0 Å². The van der Waals surface area contributed by atoms with Crippen LogP contribution in [0.2, 0.25) is 0 Å². The van der Waals surface area contributed by atoms with E-state index < -0.39 is 0 Å². The number of anilines is 1. The normalized spacial score (nSPS) is 10.5. The Kier molecular flexibility index (Phi) is 3.18. The number of rotatable bonds is 4. The summed E-state index contributed by atoms with van der Waals surface area (Å²) in [5, 5.41) is 5.85. The van der Waals surface area contributed by atoms with E-state index in [2.05, 4.69) is 35.4 Å². The Morgan fingerprint density at radius 2 is 2.13 bits per heavy atom. The fourth-order valence-corrected chi connectivity index (χ4v) is 1.60. The molecule has 2 rings (SSSR count). The maximum atomic E-state index is 4.10. The number of hydrogen-bond acceptors (Lipinski definition) is 2. The highest BCUT2D eigenvalue weighted by atomic mass is 14.9. The second-order valence-electron chi connectivity index (χ2n) is 3.72. The number of nitrogens with zero attached hydrogens (tertiary/aromatic N) is 1. The summed E-state index contributed by atoms with van der Waals surface area (Å²) in [6.45, 7) is 3.25. The number of pyridine rings is 1. The number of unbranched alkanes of at least 4 members (excludes halogenated alkanes) is 1. The molecule has 0 aliphatic carbocycles. The van der Waals surface area contributed by atoms with Gasteiger partial charge in [0.25, 0.3) is 0 Å². The summed E-state index contributed by atoms with van der Waals surface area (Å²) in [7, 11) is 0. The molecule has 1 N–H and O–H groups in total. The Morgan fingerprint density at radius 3 is 3.00 bits per heavy atom. The lowest BCUT2D eigenvalue weighted by molar-refractivity contribution is 0.834. The summed E-state index contributed by atoms with van der Waals surface area (Å²) in [5.74, 6) is 0. The highest BCUT2D eigenvalue weighted by Crippen LogP contribution is 2.17. The van der Waals surface area contributed by atoms with Crippen molar-refractivity contribution in [1.82, 2.24) is 4.98 Å². The molecule has 0 amide bonds. The molecule has 1 aromatic heterocycles. The van der Waals surface area contributed by atoms with Crippen LogP contribution in [0.3, 0.4) is 0 Å². The van der Waals surface area contributed by atoms with E-state index in [0.29, 0.717) is 0 Å². The fraction of sp³-hybridized carbons (Fsp3) is 0.308. The fourth-order valence-electron chi connectivity index (χ4n) is 1.60. The van der Waals surface area contributed by atoms with Crippen molar-refractivity contribution in [3.05, 3.63) is 36.7 Å². The average Bonchev–Trinajstić information content (AvgIpc) is 2.29. The van der Waals surface area contributed by atoms with Crippen molar-refractivity contribution in [3.63, 3.8) is 0 Å². The summed E-state index contributed by atoms with van der Waals surface area (Å²) in [5.41, 5.74) is 1.20. The Labute approximate surface area is 90.3 Å².